The van der Waals surface area contributed by atoms with Gasteiger partial charge >= 0.3 is 12.1 Å². The van der Waals surface area contributed by atoms with Gasteiger partial charge in [-0.1, -0.05) is 80.6 Å². The molecule has 4 amide bonds. The van der Waals surface area contributed by atoms with Crippen LogP contribution in [0.4, 0.5) is 4.79 Å². The predicted molar refractivity (Wildman–Crippen MR) is 217 cm³/mol. The summed E-state index contributed by atoms with van der Waals surface area (Å²) >= 11 is 0. The summed E-state index contributed by atoms with van der Waals surface area (Å²) in [4.78, 5) is 77.5. The van der Waals surface area contributed by atoms with E-state index in [1.807, 2.05) is 92.7 Å². The average molecular weight is 777 g/mol. The molecule has 0 fully saturated rings. The standard InChI is InChI=1S/C44H52N6O7/c1-26(2)20-34(48-41(53)38-23-31-30-17-11-13-19-33(30)46-37(31)25-50(38)43(55)57-44(3,4)5)39(51)47-35(21-27-14-8-7-9-15-27)40(52)49-36(42(54)56-6)22-28-24-45-32-18-12-10-16-29(28)32/h7-19,24,26,34-36,38,45-46H,20-23,25H2,1-6H3,(H,47,51)(H,48,53)(H,49,52)/t34-,35-,36-,38-/m0/s1. The molecule has 1 aliphatic heterocycles. The molecule has 3 heterocycles. The topological polar surface area (TPSA) is 175 Å². The highest BCUT2D eigenvalue weighted by Gasteiger charge is 2.40. The number of esters is 1. The van der Waals surface area contributed by atoms with E-state index in [0.29, 0.717) is 0 Å². The number of aromatic nitrogens is 2. The van der Waals surface area contributed by atoms with Crippen LogP contribution in [0, 0.1) is 5.92 Å². The lowest BCUT2D eigenvalue weighted by Gasteiger charge is -2.36. The molecule has 0 saturated carbocycles. The van der Waals surface area contributed by atoms with Crippen LogP contribution in [-0.4, -0.2) is 81.5 Å². The lowest BCUT2D eigenvalue weighted by atomic mass is 9.95. The van der Waals surface area contributed by atoms with E-state index in [1.54, 1.807) is 27.0 Å². The van der Waals surface area contributed by atoms with Gasteiger partial charge in [0.15, 0.2) is 0 Å². The second kappa shape index (κ2) is 17.4. The van der Waals surface area contributed by atoms with Crippen molar-refractivity contribution in [2.75, 3.05) is 7.11 Å². The highest BCUT2D eigenvalue weighted by atomic mass is 16.6. The minimum absolute atomic E-state index is 0.0316. The zero-order chi connectivity index (χ0) is 40.9. The number of nitrogens with zero attached hydrogens (tertiary/aromatic N) is 1. The predicted octanol–water partition coefficient (Wildman–Crippen LogP) is 5.47. The Labute approximate surface area is 332 Å². The molecule has 1 aliphatic rings. The van der Waals surface area contributed by atoms with E-state index in [2.05, 4.69) is 25.9 Å². The van der Waals surface area contributed by atoms with Crippen molar-refractivity contribution in [3.05, 3.63) is 107 Å². The first kappa shape index (κ1) is 40.6. The highest BCUT2D eigenvalue weighted by Crippen LogP contribution is 2.31. The Kier molecular flexibility index (Phi) is 12.3. The molecule has 0 spiro atoms. The normalized spacial score (nSPS) is 15.7. The fourth-order valence-electron chi connectivity index (χ4n) is 7.39. The number of para-hydroxylation sites is 2. The molecule has 13 heteroatoms. The van der Waals surface area contributed by atoms with Gasteiger partial charge in [-0.15, -0.1) is 0 Å². The van der Waals surface area contributed by atoms with Gasteiger partial charge < -0.3 is 35.4 Å². The molecule has 5 N–H and O–H groups in total. The Morgan fingerprint density at radius 2 is 1.42 bits per heavy atom. The third kappa shape index (κ3) is 9.83. The molecular formula is C44H52N6O7. The number of H-pyrrole nitrogens is 2. The fourth-order valence-corrected chi connectivity index (χ4v) is 7.39. The SMILES string of the molecule is COC(=O)[C@H](Cc1c[nH]c2ccccc12)NC(=O)[C@H](Cc1ccccc1)NC(=O)[C@H](CC(C)C)NC(=O)[C@@H]1Cc2c([nH]c3ccccc23)CN1C(=O)OC(C)(C)C. The maximum absolute atomic E-state index is 14.4. The van der Waals surface area contributed by atoms with Crippen molar-refractivity contribution in [3.63, 3.8) is 0 Å². The van der Waals surface area contributed by atoms with Crippen LogP contribution in [0.25, 0.3) is 21.8 Å². The Balaban J connectivity index is 1.25. The Hall–Kier alpha value is -6.11. The van der Waals surface area contributed by atoms with Gasteiger partial charge in [-0.2, -0.15) is 0 Å². The van der Waals surface area contributed by atoms with E-state index >= 15 is 0 Å². The van der Waals surface area contributed by atoms with Crippen LogP contribution in [0.15, 0.2) is 85.1 Å². The highest BCUT2D eigenvalue weighted by molar-refractivity contribution is 5.96. The van der Waals surface area contributed by atoms with Crippen molar-refractivity contribution in [3.8, 4) is 0 Å². The smallest absolute Gasteiger partial charge is 0.411 e. The number of carbonyl (C=O) groups is 5. The summed E-state index contributed by atoms with van der Waals surface area (Å²) in [5.41, 5.74) is 4.29. The zero-order valence-corrected chi connectivity index (χ0v) is 33.3. The number of methoxy groups -OCH3 is 1. The van der Waals surface area contributed by atoms with Gasteiger partial charge in [-0.3, -0.25) is 19.3 Å². The number of hydrogen-bond donors (Lipinski definition) is 5. The first-order chi connectivity index (χ1) is 27.2. The van der Waals surface area contributed by atoms with Gasteiger partial charge in [-0.25, -0.2) is 9.59 Å². The van der Waals surface area contributed by atoms with Gasteiger partial charge in [0.1, 0.15) is 29.8 Å². The lowest BCUT2D eigenvalue weighted by Crippen LogP contribution is -2.60. The monoisotopic (exact) mass is 776 g/mol. The van der Waals surface area contributed by atoms with Crippen molar-refractivity contribution < 1.29 is 33.4 Å². The minimum atomic E-state index is -1.12. The number of hydrogen-bond acceptors (Lipinski definition) is 7. The van der Waals surface area contributed by atoms with Gasteiger partial charge in [0.25, 0.3) is 0 Å². The van der Waals surface area contributed by atoms with Crippen molar-refractivity contribution in [1.29, 1.82) is 0 Å². The first-order valence-electron chi connectivity index (χ1n) is 19.4. The molecule has 6 rings (SSSR count). The van der Waals surface area contributed by atoms with E-state index in [4.69, 9.17) is 9.47 Å². The molecule has 57 heavy (non-hydrogen) atoms. The third-order valence-corrected chi connectivity index (χ3v) is 10.1. The maximum atomic E-state index is 14.4. The van der Waals surface area contributed by atoms with Crippen molar-refractivity contribution in [2.24, 2.45) is 5.92 Å². The van der Waals surface area contributed by atoms with Crippen LogP contribution in [0.2, 0.25) is 0 Å². The largest absolute Gasteiger partial charge is 0.467 e. The van der Waals surface area contributed by atoms with Crippen molar-refractivity contribution >= 4 is 51.6 Å². The molecule has 3 aromatic carbocycles. The second-order valence-electron chi connectivity index (χ2n) is 16.0. The van der Waals surface area contributed by atoms with Crippen LogP contribution < -0.4 is 16.0 Å². The van der Waals surface area contributed by atoms with Crippen molar-refractivity contribution in [1.82, 2.24) is 30.8 Å². The molecular weight excluding hydrogens is 725 g/mol. The van der Waals surface area contributed by atoms with E-state index in [-0.39, 0.29) is 38.1 Å². The summed E-state index contributed by atoms with van der Waals surface area (Å²) in [7, 11) is 1.26. The van der Waals surface area contributed by atoms with E-state index in [1.165, 1.54) is 12.0 Å². The lowest BCUT2D eigenvalue weighted by molar-refractivity contribution is -0.145. The molecule has 0 radical (unpaired) electrons. The summed E-state index contributed by atoms with van der Waals surface area (Å²) in [6.45, 7) is 9.25. The number of benzene rings is 3. The molecule has 13 nitrogen and oxygen atoms in total. The number of amides is 4. The number of rotatable bonds is 13. The van der Waals surface area contributed by atoms with Gasteiger partial charge in [0.2, 0.25) is 17.7 Å². The number of nitrogens with one attached hydrogen (secondary N) is 5. The Bertz CT molecular complexity index is 2240. The summed E-state index contributed by atoms with van der Waals surface area (Å²) < 4.78 is 10.8. The van der Waals surface area contributed by atoms with Crippen molar-refractivity contribution in [2.45, 2.75) is 96.6 Å². The van der Waals surface area contributed by atoms with E-state index in [0.717, 1.165) is 44.2 Å². The van der Waals surface area contributed by atoms with E-state index < -0.39 is 59.6 Å². The number of ether oxygens (including phenoxy) is 2. The van der Waals surface area contributed by atoms with Gasteiger partial charge in [0.05, 0.1) is 13.7 Å². The summed E-state index contributed by atoms with van der Waals surface area (Å²) in [5.74, 6) is -2.36. The minimum Gasteiger partial charge on any atom is -0.467 e. The maximum Gasteiger partial charge on any atom is 0.411 e. The van der Waals surface area contributed by atoms with Crippen LogP contribution in [0.5, 0.6) is 0 Å². The molecule has 300 valence electrons. The molecule has 0 bridgehead atoms. The summed E-state index contributed by atoms with van der Waals surface area (Å²) in [5, 5.41) is 10.5. The molecule has 2 aromatic heterocycles. The molecule has 0 unspecified atom stereocenters. The number of aromatic amines is 2. The Morgan fingerprint density at radius 3 is 2.11 bits per heavy atom. The van der Waals surface area contributed by atoms with Crippen LogP contribution in [-0.2, 0) is 54.5 Å². The fraction of sp³-hybridized carbons (Fsp3) is 0.386. The quantitative estimate of drug-likeness (QED) is 0.0986. The molecule has 4 atom stereocenters. The van der Waals surface area contributed by atoms with Crippen LogP contribution >= 0.6 is 0 Å². The summed E-state index contributed by atoms with van der Waals surface area (Å²) in [6.07, 6.45) is 1.86. The molecule has 5 aromatic rings. The number of fused-ring (bicyclic) bond motifs is 4. The molecule has 0 saturated heterocycles. The zero-order valence-electron chi connectivity index (χ0n) is 33.3. The Morgan fingerprint density at radius 1 is 0.789 bits per heavy atom. The average Bonchev–Trinajstić information content (AvgIpc) is 3.76. The molecule has 0 aliphatic carbocycles. The van der Waals surface area contributed by atoms with E-state index in [9.17, 15) is 24.0 Å². The third-order valence-electron chi connectivity index (χ3n) is 10.1. The number of carbonyl (C=O) groups excluding carboxylic acids is 5. The first-order valence-corrected chi connectivity index (χ1v) is 19.4. The van der Waals surface area contributed by atoms with Crippen LogP contribution in [0.3, 0.4) is 0 Å². The summed E-state index contributed by atoms with van der Waals surface area (Å²) in [6, 6.07) is 20.4. The van der Waals surface area contributed by atoms with Gasteiger partial charge in [-0.05, 0) is 61.9 Å². The second-order valence-corrected chi connectivity index (χ2v) is 16.0. The van der Waals surface area contributed by atoms with Gasteiger partial charge in [0, 0.05) is 53.0 Å². The van der Waals surface area contributed by atoms with Crippen LogP contribution in [0.1, 0.15) is 63.4 Å².